The number of carbonyl (C=O) groups excluding carboxylic acids is 1. The fraction of sp³-hybridized carbons (Fsp3) is 0. The molecule has 0 aliphatic rings. The van der Waals surface area contributed by atoms with Gasteiger partial charge in [-0.25, -0.2) is 0 Å². The Kier molecular flexibility index (Phi) is 2.97. The number of aldehydes is 1. The van der Waals surface area contributed by atoms with Crippen LogP contribution in [0.4, 0.5) is 0 Å². The van der Waals surface area contributed by atoms with Crippen molar-refractivity contribution in [2.75, 3.05) is 0 Å². The summed E-state index contributed by atoms with van der Waals surface area (Å²) in [7, 11) is 0. The Morgan fingerprint density at radius 2 is 1.41 bits per heavy atom. The highest BCUT2D eigenvalue weighted by molar-refractivity contribution is 6.16. The van der Waals surface area contributed by atoms with E-state index in [9.17, 15) is 4.79 Å². The normalized spacial score (nSPS) is 10.9. The van der Waals surface area contributed by atoms with Crippen molar-refractivity contribution in [3.8, 4) is 11.1 Å². The van der Waals surface area contributed by atoms with E-state index in [0.717, 1.165) is 44.5 Å². The summed E-state index contributed by atoms with van der Waals surface area (Å²) in [6.45, 7) is 0. The molecule has 0 aromatic heterocycles. The van der Waals surface area contributed by atoms with Crippen molar-refractivity contribution in [2.45, 2.75) is 0 Å². The number of rotatable bonds is 2. The maximum Gasteiger partial charge on any atom is 0.151 e. The molecule has 1 nitrogen and oxygen atoms in total. The zero-order valence-electron chi connectivity index (χ0n) is 12.0. The molecule has 0 atom stereocenters. The molecule has 0 amide bonds. The van der Waals surface area contributed by atoms with Crippen LogP contribution in [-0.2, 0) is 0 Å². The second-order valence-electron chi connectivity index (χ2n) is 5.40. The third kappa shape index (κ3) is 1.91. The van der Waals surface area contributed by atoms with Gasteiger partial charge in [-0.3, -0.25) is 4.79 Å². The topological polar surface area (TPSA) is 17.1 Å². The molecule has 0 fully saturated rings. The molecule has 22 heavy (non-hydrogen) atoms. The van der Waals surface area contributed by atoms with Gasteiger partial charge in [0.2, 0.25) is 0 Å². The van der Waals surface area contributed by atoms with Crippen LogP contribution in [0.2, 0.25) is 0 Å². The van der Waals surface area contributed by atoms with Crippen molar-refractivity contribution in [1.29, 1.82) is 0 Å². The summed E-state index contributed by atoms with van der Waals surface area (Å²) < 4.78 is 0. The van der Waals surface area contributed by atoms with Crippen LogP contribution in [0, 0.1) is 0 Å². The van der Waals surface area contributed by atoms with Crippen LogP contribution in [0.25, 0.3) is 32.7 Å². The van der Waals surface area contributed by atoms with E-state index in [1.807, 2.05) is 42.5 Å². The minimum Gasteiger partial charge on any atom is -0.298 e. The average molecular weight is 282 g/mol. The van der Waals surface area contributed by atoms with Gasteiger partial charge in [-0.2, -0.15) is 0 Å². The summed E-state index contributed by atoms with van der Waals surface area (Å²) >= 11 is 0. The molecule has 0 aliphatic heterocycles. The van der Waals surface area contributed by atoms with Crippen LogP contribution in [0.5, 0.6) is 0 Å². The van der Waals surface area contributed by atoms with Crippen molar-refractivity contribution in [2.24, 2.45) is 0 Å². The van der Waals surface area contributed by atoms with Gasteiger partial charge < -0.3 is 0 Å². The number of hydrogen-bond donors (Lipinski definition) is 0. The van der Waals surface area contributed by atoms with E-state index in [1.54, 1.807) is 0 Å². The van der Waals surface area contributed by atoms with Crippen LogP contribution in [0.1, 0.15) is 10.4 Å². The summed E-state index contributed by atoms with van der Waals surface area (Å²) in [5.41, 5.74) is 3.00. The van der Waals surface area contributed by atoms with Crippen LogP contribution in [0.3, 0.4) is 0 Å². The average Bonchev–Trinajstić information content (AvgIpc) is 2.60. The first-order chi connectivity index (χ1) is 10.9. The minimum atomic E-state index is 0.771. The Hall–Kier alpha value is -2.93. The molecule has 0 saturated carbocycles. The Balaban J connectivity index is 2.20. The molecular weight excluding hydrogens is 268 g/mol. The van der Waals surface area contributed by atoms with Gasteiger partial charge in [-0.1, -0.05) is 72.8 Å². The van der Waals surface area contributed by atoms with Gasteiger partial charge in [0.1, 0.15) is 0 Å². The van der Waals surface area contributed by atoms with Crippen molar-refractivity contribution >= 4 is 27.8 Å². The fourth-order valence-electron chi connectivity index (χ4n) is 3.14. The summed E-state index contributed by atoms with van der Waals surface area (Å²) in [4.78, 5) is 11.8. The molecule has 0 unspecified atom stereocenters. The lowest BCUT2D eigenvalue weighted by Gasteiger charge is -2.12. The highest BCUT2D eigenvalue weighted by Gasteiger charge is 2.11. The van der Waals surface area contributed by atoms with Gasteiger partial charge in [0.05, 0.1) is 0 Å². The first-order valence-corrected chi connectivity index (χ1v) is 7.33. The van der Waals surface area contributed by atoms with Crippen molar-refractivity contribution in [3.05, 3.63) is 84.4 Å². The number of carbonyl (C=O) groups is 1. The van der Waals surface area contributed by atoms with Gasteiger partial charge in [-0.15, -0.1) is 0 Å². The quantitative estimate of drug-likeness (QED) is 0.352. The lowest BCUT2D eigenvalue weighted by atomic mass is 9.91. The fourth-order valence-corrected chi connectivity index (χ4v) is 3.14. The Morgan fingerprint density at radius 3 is 2.23 bits per heavy atom. The summed E-state index contributed by atoms with van der Waals surface area (Å²) in [6.07, 6.45) is 0.983. The molecule has 0 aliphatic carbocycles. The second-order valence-corrected chi connectivity index (χ2v) is 5.40. The summed E-state index contributed by atoms with van der Waals surface area (Å²) in [5, 5.41) is 4.24. The maximum absolute atomic E-state index is 11.8. The largest absolute Gasteiger partial charge is 0.298 e. The molecule has 1 heteroatoms. The second kappa shape index (κ2) is 5.12. The predicted octanol–water partition coefficient (Wildman–Crippen LogP) is 5.47. The lowest BCUT2D eigenvalue weighted by Crippen LogP contribution is -1.90. The van der Waals surface area contributed by atoms with E-state index in [2.05, 4.69) is 36.4 Å². The molecule has 0 bridgehead atoms. The first kappa shape index (κ1) is 12.8. The Morgan fingerprint density at radius 1 is 0.682 bits per heavy atom. The molecule has 104 valence electrons. The van der Waals surface area contributed by atoms with Crippen LogP contribution >= 0.6 is 0 Å². The van der Waals surface area contributed by atoms with Gasteiger partial charge in [0, 0.05) is 10.9 Å². The molecule has 4 aromatic carbocycles. The van der Waals surface area contributed by atoms with Crippen molar-refractivity contribution < 1.29 is 4.79 Å². The highest BCUT2D eigenvalue weighted by atomic mass is 16.1. The first-order valence-electron chi connectivity index (χ1n) is 7.33. The standard InChI is InChI=1S/C21H14O/c22-14-20-18-11-5-4-9-16(18)13-17-10-6-12-19(21(17)20)15-7-2-1-3-8-15/h1-14H. The highest BCUT2D eigenvalue weighted by Crippen LogP contribution is 2.34. The van der Waals surface area contributed by atoms with Gasteiger partial charge >= 0.3 is 0 Å². The molecule has 0 saturated heterocycles. The zero-order valence-corrected chi connectivity index (χ0v) is 12.0. The lowest BCUT2D eigenvalue weighted by molar-refractivity contribution is 0.112. The van der Waals surface area contributed by atoms with Gasteiger partial charge in [-0.05, 0) is 33.4 Å². The molecule has 0 radical (unpaired) electrons. The third-order valence-corrected chi connectivity index (χ3v) is 4.13. The van der Waals surface area contributed by atoms with E-state index in [0.29, 0.717) is 0 Å². The zero-order chi connectivity index (χ0) is 14.9. The molecule has 0 N–H and O–H groups in total. The Bertz CT molecular complexity index is 984. The van der Waals surface area contributed by atoms with Gasteiger partial charge in [0.25, 0.3) is 0 Å². The molecule has 4 aromatic rings. The van der Waals surface area contributed by atoms with E-state index < -0.39 is 0 Å². The monoisotopic (exact) mass is 282 g/mol. The summed E-state index contributed by atoms with van der Waals surface area (Å²) in [6, 6.07) is 26.6. The van der Waals surface area contributed by atoms with E-state index in [-0.39, 0.29) is 0 Å². The SMILES string of the molecule is O=Cc1c2ccccc2cc2cccc(-c3ccccc3)c12. The molecule has 4 rings (SSSR count). The van der Waals surface area contributed by atoms with E-state index in [4.69, 9.17) is 0 Å². The maximum atomic E-state index is 11.8. The predicted molar refractivity (Wildman–Crippen MR) is 92.3 cm³/mol. The van der Waals surface area contributed by atoms with Crippen LogP contribution < -0.4 is 0 Å². The van der Waals surface area contributed by atoms with Crippen LogP contribution in [-0.4, -0.2) is 6.29 Å². The number of fused-ring (bicyclic) bond motifs is 2. The summed E-state index contributed by atoms with van der Waals surface area (Å²) in [5.74, 6) is 0. The molecule has 0 spiro atoms. The van der Waals surface area contributed by atoms with Crippen LogP contribution in [0.15, 0.2) is 78.9 Å². The number of benzene rings is 4. The molecular formula is C21H14O. The number of hydrogen-bond acceptors (Lipinski definition) is 1. The van der Waals surface area contributed by atoms with Crippen molar-refractivity contribution in [1.82, 2.24) is 0 Å². The molecule has 0 heterocycles. The smallest absolute Gasteiger partial charge is 0.151 e. The van der Waals surface area contributed by atoms with E-state index >= 15 is 0 Å². The third-order valence-electron chi connectivity index (χ3n) is 4.13. The Labute approximate surface area is 128 Å². The van der Waals surface area contributed by atoms with Gasteiger partial charge in [0.15, 0.2) is 6.29 Å². The minimum absolute atomic E-state index is 0.771. The van der Waals surface area contributed by atoms with E-state index in [1.165, 1.54) is 0 Å². The van der Waals surface area contributed by atoms with Crippen molar-refractivity contribution in [3.63, 3.8) is 0 Å².